The van der Waals surface area contributed by atoms with Crippen LogP contribution in [-0.4, -0.2) is 137 Å². The van der Waals surface area contributed by atoms with E-state index < -0.39 is 20.9 Å². The number of pyridine rings is 5. The molecule has 3 amide bonds. The van der Waals surface area contributed by atoms with Gasteiger partial charge in [-0.3, -0.25) is 58.8 Å². The zero-order valence-corrected chi connectivity index (χ0v) is 68.1. The summed E-state index contributed by atoms with van der Waals surface area (Å²) in [5, 5.41) is 6.11. The second-order valence-electron chi connectivity index (χ2n) is 19.9. The van der Waals surface area contributed by atoms with Gasteiger partial charge in [-0.15, -0.1) is 36.4 Å². The molecule has 5 saturated heterocycles. The summed E-state index contributed by atoms with van der Waals surface area (Å²) in [6.07, 6.45) is 41.4. The molecule has 5 aromatic rings. The molecule has 0 bridgehead atoms. The summed E-state index contributed by atoms with van der Waals surface area (Å²) in [5.74, 6) is -0.301. The van der Waals surface area contributed by atoms with Gasteiger partial charge in [0.15, 0.2) is 5.78 Å². The molecule has 11 rings (SSSR count). The van der Waals surface area contributed by atoms with Gasteiger partial charge in [-0.2, -0.15) is 6.07 Å². The Morgan fingerprint density at radius 2 is 1.35 bits per heavy atom. The Balaban J connectivity index is -0.000000237. The van der Waals surface area contributed by atoms with Crippen molar-refractivity contribution in [3.05, 3.63) is 183 Å². The van der Waals surface area contributed by atoms with E-state index in [0.717, 1.165) is 83.8 Å². The zero-order chi connectivity index (χ0) is 64.6. The molecule has 528 valence electrons. The van der Waals surface area contributed by atoms with Crippen LogP contribution < -0.4 is 45.1 Å². The van der Waals surface area contributed by atoms with E-state index in [1.807, 2.05) is 93.5 Å². The van der Waals surface area contributed by atoms with E-state index in [0.29, 0.717) is 37.0 Å². The molecule has 4 unspecified atom stereocenters. The van der Waals surface area contributed by atoms with E-state index in [2.05, 4.69) is 121 Å². The van der Waals surface area contributed by atoms with Gasteiger partial charge in [0.25, 0.3) is 0 Å². The maximum Gasteiger partial charge on any atom is 1.00 e. The molecule has 5 N–H and O–H groups in total. The van der Waals surface area contributed by atoms with E-state index in [1.54, 1.807) is 52.9 Å². The maximum atomic E-state index is 12.2. The van der Waals surface area contributed by atoms with Gasteiger partial charge < -0.3 is 48.0 Å². The Kier molecular flexibility index (Phi) is 71.5. The topological polar surface area (TPSA) is 324 Å². The number of rotatable bonds is 12. The predicted molar refractivity (Wildman–Crippen MR) is 391 cm³/mol. The molecular weight excluding hydrogens is 1720 g/mol. The number of likely N-dealkylation sites (tertiary alicyclic amines) is 3. The SMILES string of the molecule is CC/C=C\N1CCC(C(=O)c2cccnc2)C1=O.CC/C=C\N1CCCC1=O.CCCC=O.CN1CCCC1c1cccnc1.Cl.I.II.O=C1CCCN1.O=[P+]([O-])P(=O)(O)O.[CH3-].[Co].[Co].[Na+].[OH-].[c-]1cccnc1.c1cncc(C2=NCCC2)c1.c1cncc(C2CCCN2)c1. The molecule has 95 heavy (non-hydrogen) atoms. The number of nitrogens with zero attached hydrogens (tertiary/aromatic N) is 9. The van der Waals surface area contributed by atoms with Crippen molar-refractivity contribution >= 4 is 124 Å². The van der Waals surface area contributed by atoms with Crippen molar-refractivity contribution in [3.63, 3.8) is 0 Å². The minimum atomic E-state index is -4.78. The first-order valence-electron chi connectivity index (χ1n) is 29.5. The smallest absolute Gasteiger partial charge is 0.870 e. The Hall–Kier alpha value is -2.77. The first kappa shape index (κ1) is 103. The Bertz CT molecular complexity index is 2850. The van der Waals surface area contributed by atoms with Crippen LogP contribution in [-0.2, 0) is 61.9 Å². The van der Waals surface area contributed by atoms with Gasteiger partial charge in [0.05, 0.1) is 0 Å². The summed E-state index contributed by atoms with van der Waals surface area (Å²) in [4.78, 5) is 109. The number of allylic oxidation sites excluding steroid dienone is 2. The number of halogens is 4. The second-order valence-corrected chi connectivity index (χ2v) is 23.9. The van der Waals surface area contributed by atoms with Crippen LogP contribution in [0.2, 0.25) is 0 Å². The minimum absolute atomic E-state index is 0. The molecule has 0 spiro atoms. The van der Waals surface area contributed by atoms with Crippen LogP contribution in [0.3, 0.4) is 0 Å². The first-order valence-corrected chi connectivity index (χ1v) is 39.3. The number of aromatic nitrogens is 5. The minimum Gasteiger partial charge on any atom is -0.870 e. The number of aldehydes is 1. The van der Waals surface area contributed by atoms with Gasteiger partial charge >= 0.3 is 44.6 Å². The number of aliphatic imine (C=N–C) groups is 1. The number of hydrogen-bond acceptors (Lipinski definition) is 17. The number of unbranched alkanes of at least 4 members (excludes halogenated alkanes) is 1. The molecule has 0 aliphatic carbocycles. The van der Waals surface area contributed by atoms with Crippen LogP contribution in [0.25, 0.3) is 0 Å². The van der Waals surface area contributed by atoms with Gasteiger partial charge in [0.1, 0.15) is 12.2 Å². The molecule has 5 fully saturated rings. The van der Waals surface area contributed by atoms with E-state index in [-0.39, 0.29) is 136 Å². The molecular formula is C64H92ClCo2I3N11NaO11P2-2. The summed E-state index contributed by atoms with van der Waals surface area (Å²) < 4.78 is 18.7. The van der Waals surface area contributed by atoms with Gasteiger partial charge in [-0.25, -0.2) is 16.7 Å². The standard InChI is InChI=1S/C14H16N2O2.C10H14N2.C9H12N2.C9H10N2.C8H13NO.C5H4N.C4H7NO.C4H8O.CH3.ClH.2Co.I2.HI.Na.H2O5P2.H2O/c1-2-3-8-16-9-6-12(14(16)18)13(17)11-5-4-7-15-10-11;1-12-7-3-5-10(12)9-4-2-6-11-8-9;2*1-3-8(7-10-5-1)9-4-2-6-11-9;1-2-3-6-9-7-4-5-8(9)10;1-2-4-6-5-3-1;6-4-2-1-3-5-4;1-2-3-4-5;;;;;1-2;;;1-6(2)7(3,4)5;/h3-5,7-8,10,12H,2,6,9H2,1H3;2,4,6,8,10H,3,5,7H2,1H3;1,3,5,7,9,11H,2,4,6H2;1,3,5,7H,2,4,6H2;3,6H,2,4-5,7H2,1H3;1-2,4-5H;1-3H2,(H,5,6);4H,2-3H2,1H3;1H3;1H;;;;1H;;(H2,3,4,5);1H2/q;;;;;-1;;;-1;;;;;;+1;;/p-1/b8-3-;;;;6-3-;;;;;;;;;;;;. The normalized spacial score (nSPS) is 16.9. The molecule has 0 saturated carbocycles. The summed E-state index contributed by atoms with van der Waals surface area (Å²) >= 11 is 4.24. The van der Waals surface area contributed by atoms with Crippen molar-refractivity contribution in [2.45, 2.75) is 129 Å². The first-order chi connectivity index (χ1) is 42.6. The zero-order valence-electron chi connectivity index (χ0n) is 54.8. The van der Waals surface area contributed by atoms with Crippen LogP contribution in [0.4, 0.5) is 0 Å². The predicted octanol–water partition coefficient (Wildman–Crippen LogP) is 9.62. The molecule has 2 radical (unpaired) electrons. The van der Waals surface area contributed by atoms with Crippen molar-refractivity contribution in [2.75, 3.05) is 46.3 Å². The quantitative estimate of drug-likeness (QED) is 0.0172. The number of carbonyl (C=O) groups is 5. The average Bonchev–Trinajstić information content (AvgIpc) is 1.74. The number of ketones is 1. The molecule has 6 aliphatic rings. The largest absolute Gasteiger partial charge is 1.00 e. The van der Waals surface area contributed by atoms with Crippen molar-refractivity contribution in [2.24, 2.45) is 10.9 Å². The van der Waals surface area contributed by atoms with Crippen LogP contribution in [0.5, 0.6) is 0 Å². The maximum absolute atomic E-state index is 12.2. The number of nitrogens with one attached hydrogen (secondary N) is 2. The summed E-state index contributed by atoms with van der Waals surface area (Å²) in [6.45, 7) is 11.8. The van der Waals surface area contributed by atoms with Crippen molar-refractivity contribution in [1.82, 2.24) is 50.3 Å². The third-order valence-electron chi connectivity index (χ3n) is 13.3. The Morgan fingerprint density at radius 1 is 0.758 bits per heavy atom. The molecule has 0 aromatic carbocycles. The third-order valence-corrected chi connectivity index (χ3v) is 15.0. The molecule has 4 atom stereocenters. The van der Waals surface area contributed by atoms with E-state index in [1.165, 1.54) is 67.2 Å². The van der Waals surface area contributed by atoms with Gasteiger partial charge in [-0.1, -0.05) is 68.1 Å². The van der Waals surface area contributed by atoms with E-state index in [9.17, 15) is 38.0 Å². The fourth-order valence-electron chi connectivity index (χ4n) is 8.82. The number of carbonyl (C=O) groups excluding carboxylic acids is 5. The molecule has 22 nitrogen and oxygen atoms in total. The summed E-state index contributed by atoms with van der Waals surface area (Å²) in [5.41, 5.74) is 5.60. The van der Waals surface area contributed by atoms with Gasteiger partial charge in [0, 0.05) is 207 Å². The van der Waals surface area contributed by atoms with E-state index in [4.69, 9.17) is 9.79 Å². The fraction of sp³-hybridized carbons (Fsp3) is 0.438. The summed E-state index contributed by atoms with van der Waals surface area (Å²) in [7, 11) is -6.17. The second kappa shape index (κ2) is 65.8. The number of amides is 3. The van der Waals surface area contributed by atoms with Gasteiger partial charge in [-0.05, 0) is 139 Å². The monoisotopic (exact) mass is 1810 g/mol. The van der Waals surface area contributed by atoms with Crippen LogP contribution in [0.1, 0.15) is 156 Å². The Labute approximate surface area is 653 Å². The van der Waals surface area contributed by atoms with Crippen LogP contribution in [0, 0.1) is 19.4 Å². The molecule has 5 aromatic heterocycles. The Morgan fingerprint density at radius 3 is 1.72 bits per heavy atom. The fourth-order valence-corrected chi connectivity index (χ4v) is 8.82. The van der Waals surface area contributed by atoms with Crippen LogP contribution in [0.15, 0.2) is 152 Å². The average molecular weight is 1810 g/mol. The summed E-state index contributed by atoms with van der Waals surface area (Å²) in [6, 6.07) is 23.3. The third kappa shape index (κ3) is 46.3. The van der Waals surface area contributed by atoms with Crippen molar-refractivity contribution < 1.29 is 116 Å². The molecule has 6 aliphatic heterocycles. The van der Waals surface area contributed by atoms with Crippen molar-refractivity contribution in [1.29, 1.82) is 0 Å². The molecule has 31 heteroatoms. The number of hydrogen-bond donors (Lipinski definition) is 4. The van der Waals surface area contributed by atoms with E-state index >= 15 is 0 Å². The van der Waals surface area contributed by atoms with Gasteiger partial charge in [0.2, 0.25) is 17.7 Å². The molecule has 11 heterocycles. The van der Waals surface area contributed by atoms with Crippen molar-refractivity contribution in [3.8, 4) is 0 Å². The number of Topliss-reactive ketones (excluding diaryl/α,β-unsaturated/α-hetero) is 1. The van der Waals surface area contributed by atoms with Crippen LogP contribution >= 0.6 is 88.6 Å².